The van der Waals surface area contributed by atoms with Crippen molar-refractivity contribution in [1.29, 1.82) is 0 Å². The highest BCUT2D eigenvalue weighted by Gasteiger charge is 2.30. The van der Waals surface area contributed by atoms with Crippen molar-refractivity contribution >= 4 is 65.6 Å². The summed E-state index contributed by atoms with van der Waals surface area (Å²) in [5.41, 5.74) is 14.9. The average Bonchev–Trinajstić information content (AvgIpc) is 3.95. The summed E-state index contributed by atoms with van der Waals surface area (Å²) in [6.07, 6.45) is 1.91. The molecule has 0 radical (unpaired) electrons. The lowest BCUT2D eigenvalue weighted by atomic mass is 9.82. The minimum absolute atomic E-state index is 1.03. The van der Waals surface area contributed by atoms with Crippen molar-refractivity contribution in [3.63, 3.8) is 0 Å². The monoisotopic (exact) mass is 702 g/mol. The van der Waals surface area contributed by atoms with Crippen molar-refractivity contribution in [2.45, 2.75) is 0 Å². The van der Waals surface area contributed by atoms with E-state index in [9.17, 15) is 0 Å². The van der Waals surface area contributed by atoms with E-state index in [2.05, 4.69) is 174 Å². The zero-order valence-electron chi connectivity index (χ0n) is 29.1. The Morgan fingerprint density at radius 3 is 1.85 bits per heavy atom. The molecule has 0 aliphatic heterocycles. The number of pyridine rings is 1. The van der Waals surface area contributed by atoms with Gasteiger partial charge in [0.05, 0.1) is 16.6 Å². The zero-order chi connectivity index (χ0) is 35.3. The van der Waals surface area contributed by atoms with Gasteiger partial charge in [0.25, 0.3) is 0 Å². The van der Waals surface area contributed by atoms with Crippen molar-refractivity contribution in [2.24, 2.45) is 0 Å². The Bertz CT molecular complexity index is 3310. The van der Waals surface area contributed by atoms with E-state index in [1.807, 2.05) is 23.6 Å². The van der Waals surface area contributed by atoms with Gasteiger partial charge in [-0.15, -0.1) is 11.3 Å². The van der Waals surface area contributed by atoms with Gasteiger partial charge < -0.3 is 0 Å². The second kappa shape index (κ2) is 11.3. The molecule has 0 atom stereocenters. The number of thiophene rings is 1. The largest absolute Gasteiger partial charge is 0.298 e. The van der Waals surface area contributed by atoms with Crippen LogP contribution >= 0.6 is 11.3 Å². The predicted molar refractivity (Wildman–Crippen MR) is 230 cm³/mol. The molecule has 0 fully saturated rings. The van der Waals surface area contributed by atoms with Crippen LogP contribution in [0.1, 0.15) is 0 Å². The standard InChI is InChI=1S/C51H30N2S/c1-3-12-32(13-4-1)46-37-25-24-35(30-41(37)47(33-14-5-2-6-15-33)49-40-21-10-17-31-16-9-20-39(45(31)40)48(46)49)43-27-28-44(54-43)53-42-22-8-7-19-36(42)38-26-23-34-18-11-29-52-50(34)51(38)53/h1-30H. The number of aromatic nitrogens is 2. The molecule has 3 heteroatoms. The SMILES string of the molecule is c1ccc(-c2c3c(c(-c4ccccc4)c4cc(-c5ccc(-n6c7ccccc7c7ccc8cccnc8c76)s5)ccc24)-c2cccc4cccc-3c24)cc1. The third-order valence-corrected chi connectivity index (χ3v) is 12.5. The Balaban J connectivity index is 1.15. The fraction of sp³-hybridized carbons (Fsp3) is 0. The van der Waals surface area contributed by atoms with Gasteiger partial charge in [-0.05, 0) is 102 Å². The van der Waals surface area contributed by atoms with Crippen molar-refractivity contribution in [1.82, 2.24) is 9.55 Å². The summed E-state index contributed by atoms with van der Waals surface area (Å²) in [4.78, 5) is 6.14. The molecule has 0 spiro atoms. The number of hydrogen-bond donors (Lipinski definition) is 0. The van der Waals surface area contributed by atoms with Crippen LogP contribution in [0.25, 0.3) is 114 Å². The lowest BCUT2D eigenvalue weighted by molar-refractivity contribution is 1.22. The Morgan fingerprint density at radius 2 is 1.09 bits per heavy atom. The first-order chi connectivity index (χ1) is 26.8. The van der Waals surface area contributed by atoms with Crippen molar-refractivity contribution in [3.8, 4) is 59.9 Å². The highest BCUT2D eigenvalue weighted by molar-refractivity contribution is 7.18. The third-order valence-electron chi connectivity index (χ3n) is 11.4. The maximum Gasteiger partial charge on any atom is 0.101 e. The summed E-state index contributed by atoms with van der Waals surface area (Å²) in [6.45, 7) is 0. The van der Waals surface area contributed by atoms with Crippen molar-refractivity contribution < 1.29 is 0 Å². The summed E-state index contributed by atoms with van der Waals surface area (Å²) in [5.74, 6) is 0. The van der Waals surface area contributed by atoms with Gasteiger partial charge in [-0.1, -0.05) is 146 Å². The molecule has 0 saturated heterocycles. The topological polar surface area (TPSA) is 17.8 Å². The van der Waals surface area contributed by atoms with E-state index in [1.54, 1.807) is 0 Å². The molecular weight excluding hydrogens is 673 g/mol. The third kappa shape index (κ3) is 4.13. The van der Waals surface area contributed by atoms with E-state index < -0.39 is 0 Å². The van der Waals surface area contributed by atoms with Crippen LogP contribution in [0.5, 0.6) is 0 Å². The average molecular weight is 703 g/mol. The molecule has 0 amide bonds. The van der Waals surface area contributed by atoms with Crippen LogP contribution in [0, 0.1) is 0 Å². The van der Waals surface area contributed by atoms with Crippen molar-refractivity contribution in [3.05, 3.63) is 182 Å². The number of benzene rings is 8. The Hall–Kier alpha value is -6.81. The summed E-state index contributed by atoms with van der Waals surface area (Å²) >= 11 is 1.84. The molecular formula is C51H30N2S. The van der Waals surface area contributed by atoms with Gasteiger partial charge in [-0.3, -0.25) is 9.55 Å². The number of rotatable bonds is 4. The van der Waals surface area contributed by atoms with Gasteiger partial charge in [0.1, 0.15) is 5.00 Å². The van der Waals surface area contributed by atoms with E-state index in [0.29, 0.717) is 0 Å². The molecule has 3 heterocycles. The fourth-order valence-electron chi connectivity index (χ4n) is 9.17. The Labute approximate surface area is 315 Å². The van der Waals surface area contributed by atoms with Crippen LogP contribution < -0.4 is 0 Å². The normalized spacial score (nSPS) is 12.1. The first kappa shape index (κ1) is 29.7. The van der Waals surface area contributed by atoms with Gasteiger partial charge in [-0.2, -0.15) is 0 Å². The smallest absolute Gasteiger partial charge is 0.101 e. The van der Waals surface area contributed by atoms with E-state index in [0.717, 1.165) is 16.4 Å². The number of para-hydroxylation sites is 1. The minimum Gasteiger partial charge on any atom is -0.298 e. The molecule has 0 bridgehead atoms. The summed E-state index contributed by atoms with van der Waals surface area (Å²) in [6, 6.07) is 64.6. The first-order valence-electron chi connectivity index (χ1n) is 18.5. The van der Waals surface area contributed by atoms with Gasteiger partial charge in [0.15, 0.2) is 0 Å². The Morgan fingerprint density at radius 1 is 0.426 bits per heavy atom. The molecule has 11 aromatic rings. The Kier molecular flexibility index (Phi) is 6.25. The minimum atomic E-state index is 1.03. The van der Waals surface area contributed by atoms with Gasteiger partial charge in [-0.25, -0.2) is 0 Å². The van der Waals surface area contributed by atoms with E-state index >= 15 is 0 Å². The lowest BCUT2D eigenvalue weighted by Gasteiger charge is -2.21. The van der Waals surface area contributed by atoms with E-state index in [-0.39, 0.29) is 0 Å². The van der Waals surface area contributed by atoms with Crippen LogP contribution in [0.2, 0.25) is 0 Å². The van der Waals surface area contributed by atoms with Crippen LogP contribution in [0.4, 0.5) is 0 Å². The molecule has 1 aliphatic rings. The molecule has 12 rings (SSSR count). The second-order valence-corrected chi connectivity index (χ2v) is 15.3. The van der Waals surface area contributed by atoms with Crippen LogP contribution in [-0.2, 0) is 0 Å². The highest BCUT2D eigenvalue weighted by Crippen LogP contribution is 2.58. The highest BCUT2D eigenvalue weighted by atomic mass is 32.1. The summed E-state index contributed by atoms with van der Waals surface area (Å²) < 4.78 is 2.42. The zero-order valence-corrected chi connectivity index (χ0v) is 29.9. The van der Waals surface area contributed by atoms with Crippen LogP contribution in [-0.4, -0.2) is 9.55 Å². The second-order valence-electron chi connectivity index (χ2n) is 14.2. The molecule has 54 heavy (non-hydrogen) atoms. The molecule has 3 aromatic heterocycles. The molecule has 0 saturated carbocycles. The molecule has 1 aliphatic carbocycles. The first-order valence-corrected chi connectivity index (χ1v) is 19.3. The summed E-state index contributed by atoms with van der Waals surface area (Å²) in [7, 11) is 0. The lowest BCUT2D eigenvalue weighted by Crippen LogP contribution is -1.94. The van der Waals surface area contributed by atoms with Crippen molar-refractivity contribution in [2.75, 3.05) is 0 Å². The summed E-state index contributed by atoms with van der Waals surface area (Å²) in [5, 5.41) is 9.95. The molecule has 2 nitrogen and oxygen atoms in total. The number of nitrogens with zero attached hydrogens (tertiary/aromatic N) is 2. The van der Waals surface area contributed by atoms with Crippen LogP contribution in [0.15, 0.2) is 182 Å². The quantitative estimate of drug-likeness (QED) is 0.179. The van der Waals surface area contributed by atoms with Gasteiger partial charge in [0, 0.05) is 27.2 Å². The molecule has 250 valence electrons. The molecule has 0 N–H and O–H groups in total. The van der Waals surface area contributed by atoms with Gasteiger partial charge >= 0.3 is 0 Å². The fourth-order valence-corrected chi connectivity index (χ4v) is 10.2. The number of hydrogen-bond acceptors (Lipinski definition) is 2. The number of fused-ring (bicyclic) bond motifs is 9. The van der Waals surface area contributed by atoms with E-state index in [4.69, 9.17) is 4.98 Å². The molecule has 0 unspecified atom stereocenters. The van der Waals surface area contributed by atoms with E-state index in [1.165, 1.54) is 97.8 Å². The van der Waals surface area contributed by atoms with Crippen LogP contribution in [0.3, 0.4) is 0 Å². The van der Waals surface area contributed by atoms with Gasteiger partial charge in [0.2, 0.25) is 0 Å². The maximum absolute atomic E-state index is 4.90. The predicted octanol–water partition coefficient (Wildman–Crippen LogP) is 14.3. The molecule has 8 aromatic carbocycles. The maximum atomic E-state index is 4.90.